The molecule has 196 valence electrons. The van der Waals surface area contributed by atoms with E-state index in [1.54, 1.807) is 19.9 Å². The fraction of sp³-hybridized carbons (Fsp3) is 0.333. The first-order valence-corrected chi connectivity index (χ1v) is 11.8. The van der Waals surface area contributed by atoms with E-state index in [4.69, 9.17) is 9.47 Å². The van der Waals surface area contributed by atoms with Gasteiger partial charge in [0.15, 0.2) is 0 Å². The lowest BCUT2D eigenvalue weighted by Gasteiger charge is -2.30. The Balaban J connectivity index is 0.00000380. The van der Waals surface area contributed by atoms with E-state index in [-0.39, 0.29) is 35.3 Å². The summed E-state index contributed by atoms with van der Waals surface area (Å²) in [7, 11) is 1.26. The SMILES string of the molecule is COC(=O)C1=C(C)NC(C)=C(C(=O)O[C@H]2CCN(Cc3ccccc3)C2)[C@H]1c1cccc([N+](=O)[O-])c1.Cl. The maximum Gasteiger partial charge on any atom is 0.337 e. The van der Waals surface area contributed by atoms with Crippen molar-refractivity contribution in [1.82, 2.24) is 10.2 Å². The van der Waals surface area contributed by atoms with Crippen LogP contribution in [0.3, 0.4) is 0 Å². The Bertz CT molecular complexity index is 1240. The Kier molecular flexibility index (Phi) is 9.07. The molecule has 1 fully saturated rings. The third-order valence-electron chi connectivity index (χ3n) is 6.55. The molecule has 2 aromatic carbocycles. The van der Waals surface area contributed by atoms with Gasteiger partial charge in [-0.3, -0.25) is 15.0 Å². The van der Waals surface area contributed by atoms with Crippen molar-refractivity contribution in [3.63, 3.8) is 0 Å². The van der Waals surface area contributed by atoms with Crippen molar-refractivity contribution in [3.05, 3.63) is 98.4 Å². The summed E-state index contributed by atoms with van der Waals surface area (Å²) in [6.07, 6.45) is 0.388. The van der Waals surface area contributed by atoms with Gasteiger partial charge in [-0.15, -0.1) is 12.4 Å². The lowest BCUT2D eigenvalue weighted by atomic mass is 9.80. The molecule has 2 atom stereocenters. The number of hydrogen-bond donors (Lipinski definition) is 1. The molecule has 0 spiro atoms. The second kappa shape index (κ2) is 12.0. The molecule has 0 amide bonds. The number of rotatable bonds is 7. The van der Waals surface area contributed by atoms with Crippen LogP contribution in [0.15, 0.2) is 77.1 Å². The maximum absolute atomic E-state index is 13.5. The van der Waals surface area contributed by atoms with Gasteiger partial charge in [-0.1, -0.05) is 42.5 Å². The zero-order valence-corrected chi connectivity index (χ0v) is 21.7. The van der Waals surface area contributed by atoms with Gasteiger partial charge in [0.1, 0.15) is 6.10 Å². The molecule has 1 saturated heterocycles. The molecule has 0 bridgehead atoms. The highest BCUT2D eigenvalue weighted by atomic mass is 35.5. The van der Waals surface area contributed by atoms with Gasteiger partial charge in [0.2, 0.25) is 0 Å². The quantitative estimate of drug-likeness (QED) is 0.323. The number of nitrogens with zero attached hydrogens (tertiary/aromatic N) is 2. The molecule has 2 aliphatic heterocycles. The van der Waals surface area contributed by atoms with E-state index < -0.39 is 22.8 Å². The molecule has 9 nitrogen and oxygen atoms in total. The minimum Gasteiger partial charge on any atom is -0.466 e. The third-order valence-corrected chi connectivity index (χ3v) is 6.55. The molecule has 10 heteroatoms. The Morgan fingerprint density at radius 2 is 1.73 bits per heavy atom. The largest absolute Gasteiger partial charge is 0.466 e. The molecule has 1 N–H and O–H groups in total. The number of allylic oxidation sites excluding steroid dienone is 2. The van der Waals surface area contributed by atoms with Crippen LogP contribution in [0.5, 0.6) is 0 Å². The summed E-state index contributed by atoms with van der Waals surface area (Å²) >= 11 is 0. The highest BCUT2D eigenvalue weighted by Crippen LogP contribution is 2.40. The van der Waals surface area contributed by atoms with Gasteiger partial charge in [0.25, 0.3) is 5.69 Å². The topological polar surface area (TPSA) is 111 Å². The smallest absolute Gasteiger partial charge is 0.337 e. The van der Waals surface area contributed by atoms with Crippen LogP contribution in [0.2, 0.25) is 0 Å². The van der Waals surface area contributed by atoms with Gasteiger partial charge in [-0.05, 0) is 31.4 Å². The lowest BCUT2D eigenvalue weighted by Crippen LogP contribution is -2.34. The third kappa shape index (κ3) is 6.18. The first-order chi connectivity index (χ1) is 17.3. The van der Waals surface area contributed by atoms with Gasteiger partial charge in [0, 0.05) is 43.2 Å². The van der Waals surface area contributed by atoms with Crippen molar-refractivity contribution in [1.29, 1.82) is 0 Å². The number of non-ortho nitro benzene ring substituents is 1. The molecule has 2 aliphatic rings. The van der Waals surface area contributed by atoms with Gasteiger partial charge in [0.05, 0.1) is 29.1 Å². The van der Waals surface area contributed by atoms with E-state index >= 15 is 0 Å². The number of esters is 2. The van der Waals surface area contributed by atoms with Crippen molar-refractivity contribution < 1.29 is 24.0 Å². The monoisotopic (exact) mass is 527 g/mol. The zero-order chi connectivity index (χ0) is 25.8. The summed E-state index contributed by atoms with van der Waals surface area (Å²) in [5.74, 6) is -2.05. The van der Waals surface area contributed by atoms with Crippen molar-refractivity contribution in [2.75, 3.05) is 20.2 Å². The predicted octanol–water partition coefficient (Wildman–Crippen LogP) is 4.24. The first kappa shape index (κ1) is 27.9. The van der Waals surface area contributed by atoms with Crippen LogP contribution in [0.4, 0.5) is 5.69 Å². The predicted molar refractivity (Wildman–Crippen MR) is 140 cm³/mol. The summed E-state index contributed by atoms with van der Waals surface area (Å²) in [6, 6.07) is 16.0. The number of ether oxygens (including phenoxy) is 2. The number of dihydropyridines is 1. The average molecular weight is 528 g/mol. The van der Waals surface area contributed by atoms with Crippen molar-refractivity contribution in [3.8, 4) is 0 Å². The molecule has 4 rings (SSSR count). The molecule has 2 heterocycles. The molecular formula is C27H30ClN3O6. The summed E-state index contributed by atoms with van der Waals surface area (Å²) in [5, 5.41) is 14.5. The molecule has 37 heavy (non-hydrogen) atoms. The number of methoxy groups -OCH3 is 1. The second-order valence-electron chi connectivity index (χ2n) is 9.02. The van der Waals surface area contributed by atoms with E-state index in [1.165, 1.54) is 30.9 Å². The van der Waals surface area contributed by atoms with E-state index in [2.05, 4.69) is 22.3 Å². The normalized spacial score (nSPS) is 19.6. The standard InChI is InChI=1S/C27H29N3O6.ClH/c1-17-23(26(31)35-3)25(20-10-7-11-21(14-20)30(33)34)24(18(2)28-17)27(32)36-22-12-13-29(16-22)15-19-8-5-4-6-9-19;/h4-11,14,22,25,28H,12-13,15-16H2,1-3H3;1H/t22-,25-;/m0./s1. The minimum absolute atomic E-state index is 0. The number of carbonyl (C=O) groups is 2. The van der Waals surface area contributed by atoms with Crippen molar-refractivity contribution >= 4 is 30.0 Å². The molecule has 0 aliphatic carbocycles. The van der Waals surface area contributed by atoms with E-state index in [0.717, 1.165) is 13.1 Å². The molecule has 0 saturated carbocycles. The van der Waals surface area contributed by atoms with Crippen LogP contribution in [-0.2, 0) is 25.6 Å². The van der Waals surface area contributed by atoms with Crippen LogP contribution in [-0.4, -0.2) is 48.1 Å². The van der Waals surface area contributed by atoms with E-state index in [1.807, 2.05) is 18.2 Å². The van der Waals surface area contributed by atoms with E-state index in [0.29, 0.717) is 29.9 Å². The molecule has 2 aromatic rings. The summed E-state index contributed by atoms with van der Waals surface area (Å²) in [6.45, 7) is 5.60. The Labute approximate surface area is 221 Å². The van der Waals surface area contributed by atoms with Crippen LogP contribution < -0.4 is 5.32 Å². The van der Waals surface area contributed by atoms with Crippen LogP contribution in [0.1, 0.15) is 37.3 Å². The molecular weight excluding hydrogens is 498 g/mol. The van der Waals surface area contributed by atoms with E-state index in [9.17, 15) is 19.7 Å². The number of hydrogen-bond acceptors (Lipinski definition) is 8. The fourth-order valence-corrected chi connectivity index (χ4v) is 4.89. The number of benzene rings is 2. The second-order valence-corrected chi connectivity index (χ2v) is 9.02. The fourth-order valence-electron chi connectivity index (χ4n) is 4.89. The van der Waals surface area contributed by atoms with Gasteiger partial charge >= 0.3 is 11.9 Å². The average Bonchev–Trinajstić information content (AvgIpc) is 3.30. The van der Waals surface area contributed by atoms with Crippen LogP contribution >= 0.6 is 12.4 Å². The summed E-state index contributed by atoms with van der Waals surface area (Å²) in [4.78, 5) is 39.5. The number of nitro benzene ring substituents is 1. The highest BCUT2D eigenvalue weighted by Gasteiger charge is 2.39. The maximum atomic E-state index is 13.5. The van der Waals surface area contributed by atoms with Gasteiger partial charge in [-0.2, -0.15) is 0 Å². The minimum atomic E-state index is -0.868. The Morgan fingerprint density at radius 1 is 1.05 bits per heavy atom. The first-order valence-electron chi connectivity index (χ1n) is 11.8. The highest BCUT2D eigenvalue weighted by molar-refractivity contribution is 6.00. The van der Waals surface area contributed by atoms with Gasteiger partial charge in [-0.25, -0.2) is 9.59 Å². The van der Waals surface area contributed by atoms with Gasteiger partial charge < -0.3 is 14.8 Å². The number of nitro groups is 1. The number of carbonyl (C=O) groups excluding carboxylic acids is 2. The molecule has 0 unspecified atom stereocenters. The Hall–Kier alpha value is -3.69. The Morgan fingerprint density at radius 3 is 2.38 bits per heavy atom. The number of nitrogens with one attached hydrogen (secondary N) is 1. The number of halogens is 1. The van der Waals surface area contributed by atoms with Crippen LogP contribution in [0, 0.1) is 10.1 Å². The van der Waals surface area contributed by atoms with Crippen molar-refractivity contribution in [2.24, 2.45) is 0 Å². The summed E-state index contributed by atoms with van der Waals surface area (Å²) < 4.78 is 10.9. The summed E-state index contributed by atoms with van der Waals surface area (Å²) in [5.41, 5.74) is 2.99. The number of likely N-dealkylation sites (tertiary alicyclic amines) is 1. The zero-order valence-electron chi connectivity index (χ0n) is 20.9. The van der Waals surface area contributed by atoms with Crippen LogP contribution in [0.25, 0.3) is 0 Å². The lowest BCUT2D eigenvalue weighted by molar-refractivity contribution is -0.384. The molecule has 0 radical (unpaired) electrons. The molecule has 0 aromatic heterocycles. The van der Waals surface area contributed by atoms with Crippen molar-refractivity contribution in [2.45, 2.75) is 38.8 Å².